The maximum atomic E-state index is 10.7. The summed E-state index contributed by atoms with van der Waals surface area (Å²) in [6.45, 7) is 0.530. The van der Waals surface area contributed by atoms with Crippen LogP contribution in [-0.2, 0) is 6.54 Å². The Balaban J connectivity index is 2.11. The van der Waals surface area contributed by atoms with E-state index in [0.29, 0.717) is 12.1 Å². The van der Waals surface area contributed by atoms with Gasteiger partial charge < -0.3 is 0 Å². The van der Waals surface area contributed by atoms with Crippen molar-refractivity contribution in [1.29, 1.82) is 5.26 Å². The summed E-state index contributed by atoms with van der Waals surface area (Å²) in [4.78, 5) is 10.3. The van der Waals surface area contributed by atoms with Gasteiger partial charge in [0.1, 0.15) is 6.04 Å². The van der Waals surface area contributed by atoms with E-state index in [1.165, 1.54) is 12.1 Å². The predicted molar refractivity (Wildman–Crippen MR) is 74.7 cm³/mol. The van der Waals surface area contributed by atoms with Crippen molar-refractivity contribution < 1.29 is 4.92 Å². The molecule has 0 bridgehead atoms. The van der Waals surface area contributed by atoms with Crippen LogP contribution in [0.2, 0.25) is 0 Å². The quantitative estimate of drug-likeness (QED) is 0.667. The fraction of sp³-hybridized carbons (Fsp3) is 0.133. The van der Waals surface area contributed by atoms with Crippen LogP contribution in [0.25, 0.3) is 0 Å². The van der Waals surface area contributed by atoms with E-state index in [1.54, 1.807) is 12.1 Å². The molecule has 2 aromatic carbocycles. The second-order valence-electron chi connectivity index (χ2n) is 4.28. The minimum Gasteiger partial charge on any atom is -0.294 e. The fourth-order valence-electron chi connectivity index (χ4n) is 1.87. The van der Waals surface area contributed by atoms with Crippen molar-refractivity contribution in [3.8, 4) is 6.07 Å². The molecule has 20 heavy (non-hydrogen) atoms. The fourth-order valence-corrected chi connectivity index (χ4v) is 1.87. The molecule has 2 rings (SSSR count). The summed E-state index contributed by atoms with van der Waals surface area (Å²) in [5.41, 5.74) is 1.64. The van der Waals surface area contributed by atoms with E-state index >= 15 is 0 Å². The molecule has 2 aromatic rings. The van der Waals surface area contributed by atoms with E-state index in [1.807, 2.05) is 30.3 Å². The molecule has 1 N–H and O–H groups in total. The molecule has 1 atom stereocenters. The number of nitriles is 1. The lowest BCUT2D eigenvalue weighted by Crippen LogP contribution is -2.19. The van der Waals surface area contributed by atoms with Crippen LogP contribution in [-0.4, -0.2) is 4.92 Å². The third-order valence-electron chi connectivity index (χ3n) is 2.90. The van der Waals surface area contributed by atoms with Gasteiger partial charge in [0, 0.05) is 18.7 Å². The Hall–Kier alpha value is -2.71. The summed E-state index contributed by atoms with van der Waals surface area (Å²) in [6.07, 6.45) is 0. The zero-order chi connectivity index (χ0) is 14.4. The third-order valence-corrected chi connectivity index (χ3v) is 2.90. The Labute approximate surface area is 116 Å². The lowest BCUT2D eigenvalue weighted by atomic mass is 10.1. The summed E-state index contributed by atoms with van der Waals surface area (Å²) in [5, 5.41) is 23.0. The number of nitro groups is 1. The summed E-state index contributed by atoms with van der Waals surface area (Å²) in [7, 11) is 0. The summed E-state index contributed by atoms with van der Waals surface area (Å²) >= 11 is 0. The van der Waals surface area contributed by atoms with Gasteiger partial charge in [0.15, 0.2) is 0 Å². The maximum absolute atomic E-state index is 10.7. The smallest absolute Gasteiger partial charge is 0.269 e. The van der Waals surface area contributed by atoms with Crippen molar-refractivity contribution in [2.75, 3.05) is 0 Å². The molecule has 0 radical (unpaired) electrons. The van der Waals surface area contributed by atoms with Gasteiger partial charge in [0.05, 0.1) is 11.0 Å². The topological polar surface area (TPSA) is 79.0 Å². The number of nitrogens with one attached hydrogen (secondary N) is 1. The summed E-state index contributed by atoms with van der Waals surface area (Å²) < 4.78 is 0. The highest BCUT2D eigenvalue weighted by atomic mass is 16.6. The van der Waals surface area contributed by atoms with Crippen molar-refractivity contribution in [2.24, 2.45) is 0 Å². The highest BCUT2D eigenvalue weighted by Crippen LogP contribution is 2.19. The van der Waals surface area contributed by atoms with Gasteiger partial charge in [-0.05, 0) is 11.1 Å². The van der Waals surface area contributed by atoms with Crippen molar-refractivity contribution in [2.45, 2.75) is 12.6 Å². The van der Waals surface area contributed by atoms with Gasteiger partial charge in [-0.3, -0.25) is 15.4 Å². The first-order valence-electron chi connectivity index (χ1n) is 6.12. The van der Waals surface area contributed by atoms with E-state index in [-0.39, 0.29) is 5.69 Å². The number of hydrogen-bond acceptors (Lipinski definition) is 4. The predicted octanol–water partition coefficient (Wildman–Crippen LogP) is 2.95. The van der Waals surface area contributed by atoms with E-state index in [0.717, 1.165) is 5.56 Å². The van der Waals surface area contributed by atoms with Crippen LogP contribution in [0.1, 0.15) is 17.2 Å². The Morgan fingerprint density at radius 1 is 1.20 bits per heavy atom. The molecule has 5 heteroatoms. The lowest BCUT2D eigenvalue weighted by Gasteiger charge is -2.11. The highest BCUT2D eigenvalue weighted by Gasteiger charge is 2.13. The first kappa shape index (κ1) is 13.7. The second-order valence-corrected chi connectivity index (χ2v) is 4.28. The van der Waals surface area contributed by atoms with E-state index in [4.69, 9.17) is 0 Å². The largest absolute Gasteiger partial charge is 0.294 e. The number of non-ortho nitro benzene ring substituents is 1. The molecule has 0 aromatic heterocycles. The average Bonchev–Trinajstić information content (AvgIpc) is 2.49. The molecule has 0 aliphatic heterocycles. The molecule has 0 heterocycles. The van der Waals surface area contributed by atoms with E-state index in [9.17, 15) is 15.4 Å². The highest BCUT2D eigenvalue weighted by molar-refractivity contribution is 5.37. The van der Waals surface area contributed by atoms with Crippen LogP contribution in [0.15, 0.2) is 54.6 Å². The molecule has 0 spiro atoms. The molecule has 0 saturated heterocycles. The van der Waals surface area contributed by atoms with Crippen LogP contribution in [0.3, 0.4) is 0 Å². The number of hydrogen-bond donors (Lipinski definition) is 1. The number of nitrogens with zero attached hydrogens (tertiary/aromatic N) is 2. The van der Waals surface area contributed by atoms with Gasteiger partial charge in [0.2, 0.25) is 0 Å². The zero-order valence-electron chi connectivity index (χ0n) is 10.7. The Morgan fingerprint density at radius 2 is 1.95 bits per heavy atom. The molecule has 5 nitrogen and oxygen atoms in total. The molecular formula is C15H13N3O2. The lowest BCUT2D eigenvalue weighted by molar-refractivity contribution is -0.384. The minimum absolute atomic E-state index is 0.00994. The first-order valence-corrected chi connectivity index (χ1v) is 6.12. The van der Waals surface area contributed by atoms with Crippen LogP contribution in [0.4, 0.5) is 5.69 Å². The summed E-state index contributed by atoms with van der Waals surface area (Å²) in [6, 6.07) is 17.3. The number of benzene rings is 2. The third kappa shape index (κ3) is 3.40. The molecule has 100 valence electrons. The van der Waals surface area contributed by atoms with Gasteiger partial charge >= 0.3 is 0 Å². The molecule has 0 amide bonds. The molecule has 0 aliphatic rings. The van der Waals surface area contributed by atoms with Gasteiger partial charge in [-0.15, -0.1) is 0 Å². The minimum atomic E-state index is -0.574. The zero-order valence-corrected chi connectivity index (χ0v) is 10.7. The van der Waals surface area contributed by atoms with Gasteiger partial charge in [-0.25, -0.2) is 0 Å². The van der Waals surface area contributed by atoms with Gasteiger partial charge in [-0.1, -0.05) is 42.5 Å². The van der Waals surface area contributed by atoms with Crippen LogP contribution in [0, 0.1) is 21.4 Å². The van der Waals surface area contributed by atoms with Crippen LogP contribution in [0.5, 0.6) is 0 Å². The van der Waals surface area contributed by atoms with Crippen LogP contribution >= 0.6 is 0 Å². The number of nitro benzene ring substituents is 1. The molecule has 0 fully saturated rings. The van der Waals surface area contributed by atoms with Crippen molar-refractivity contribution >= 4 is 5.69 Å². The Morgan fingerprint density at radius 3 is 2.60 bits per heavy atom. The molecule has 0 aliphatic carbocycles. The molecular weight excluding hydrogens is 254 g/mol. The van der Waals surface area contributed by atoms with Crippen molar-refractivity contribution in [3.05, 3.63) is 75.8 Å². The first-order chi connectivity index (χ1) is 9.70. The van der Waals surface area contributed by atoms with Gasteiger partial charge in [0.25, 0.3) is 5.69 Å². The number of rotatable bonds is 5. The van der Waals surface area contributed by atoms with E-state index in [2.05, 4.69) is 11.4 Å². The molecule has 0 saturated carbocycles. The van der Waals surface area contributed by atoms with Gasteiger partial charge in [-0.2, -0.15) is 5.26 Å². The van der Waals surface area contributed by atoms with Crippen molar-refractivity contribution in [3.63, 3.8) is 0 Å². The Kier molecular flexibility index (Phi) is 4.43. The Bertz CT molecular complexity index is 635. The molecule has 1 unspecified atom stereocenters. The maximum Gasteiger partial charge on any atom is 0.269 e. The van der Waals surface area contributed by atoms with E-state index < -0.39 is 11.0 Å². The summed E-state index contributed by atoms with van der Waals surface area (Å²) in [5.74, 6) is 0. The van der Waals surface area contributed by atoms with Crippen molar-refractivity contribution in [1.82, 2.24) is 5.32 Å². The second kappa shape index (κ2) is 6.45. The standard InChI is InChI=1S/C15H13N3O2/c16-10-15(17-11-12-5-2-1-3-6-12)13-7-4-8-14(9-13)18(19)20/h1-9,15,17H,11H2. The average molecular weight is 267 g/mol. The SMILES string of the molecule is N#CC(NCc1ccccc1)c1cccc([N+](=O)[O-])c1. The monoisotopic (exact) mass is 267 g/mol. The van der Waals surface area contributed by atoms with Crippen LogP contribution < -0.4 is 5.32 Å². The normalized spacial score (nSPS) is 11.6.